The molecule has 1 saturated heterocycles. The molecule has 4 amide bonds. The van der Waals surface area contributed by atoms with Crippen molar-refractivity contribution >= 4 is 35.6 Å². The highest BCUT2D eigenvalue weighted by atomic mass is 16.4. The Hall–Kier alpha value is -3.42. The van der Waals surface area contributed by atoms with Gasteiger partial charge in [0.25, 0.3) is 0 Å². The lowest BCUT2D eigenvalue weighted by atomic mass is 10.1. The lowest BCUT2D eigenvalue weighted by Gasteiger charge is -2.29. The first-order valence-electron chi connectivity index (χ1n) is 10.7. The van der Waals surface area contributed by atoms with Crippen molar-refractivity contribution in [3.8, 4) is 0 Å². The van der Waals surface area contributed by atoms with Crippen molar-refractivity contribution in [2.45, 2.75) is 69.6 Å². The molecule has 0 aromatic carbocycles. The topological polar surface area (TPSA) is 249 Å². The standard InChI is InChI=1S/C19H34N8O6/c1-10(20)15(29)25-11(4-2-8-24-19(22)23)17(31)27-9-3-5-13(27)16(30)26-12(18(32)33)6-7-14(21)28/h10-13H,2-9,20H2,1H3,(H2,21,28)(H,25,29)(H,26,30)(H,32,33)(H4,22,23,24). The van der Waals surface area contributed by atoms with Crippen LogP contribution in [-0.2, 0) is 24.0 Å². The van der Waals surface area contributed by atoms with Crippen molar-refractivity contribution in [1.82, 2.24) is 15.5 Å². The van der Waals surface area contributed by atoms with Crippen LogP contribution in [0.15, 0.2) is 4.99 Å². The maximum Gasteiger partial charge on any atom is 0.326 e. The third kappa shape index (κ3) is 9.31. The Bertz CT molecular complexity index is 767. The van der Waals surface area contributed by atoms with E-state index in [1.165, 1.54) is 11.8 Å². The highest BCUT2D eigenvalue weighted by molar-refractivity contribution is 5.94. The van der Waals surface area contributed by atoms with Gasteiger partial charge in [-0.3, -0.25) is 24.2 Å². The van der Waals surface area contributed by atoms with Crippen LogP contribution in [-0.4, -0.2) is 82.8 Å². The molecule has 1 aliphatic rings. The number of carbonyl (C=O) groups is 5. The summed E-state index contributed by atoms with van der Waals surface area (Å²) >= 11 is 0. The van der Waals surface area contributed by atoms with Gasteiger partial charge in [-0.1, -0.05) is 0 Å². The maximum absolute atomic E-state index is 13.2. The van der Waals surface area contributed by atoms with Crippen LogP contribution in [0.25, 0.3) is 0 Å². The van der Waals surface area contributed by atoms with E-state index in [2.05, 4.69) is 15.6 Å². The second kappa shape index (κ2) is 13.2. The summed E-state index contributed by atoms with van der Waals surface area (Å²) in [7, 11) is 0. The average molecular weight is 471 g/mol. The molecule has 11 N–H and O–H groups in total. The molecule has 1 heterocycles. The number of rotatable bonds is 13. The summed E-state index contributed by atoms with van der Waals surface area (Å²) in [5, 5.41) is 14.3. The van der Waals surface area contributed by atoms with Crippen molar-refractivity contribution in [3.63, 3.8) is 0 Å². The zero-order valence-electron chi connectivity index (χ0n) is 18.7. The Morgan fingerprint density at radius 1 is 1.09 bits per heavy atom. The van der Waals surface area contributed by atoms with Crippen LogP contribution in [0, 0.1) is 0 Å². The fourth-order valence-corrected chi connectivity index (χ4v) is 3.38. The maximum atomic E-state index is 13.2. The Morgan fingerprint density at radius 3 is 2.30 bits per heavy atom. The number of carbonyl (C=O) groups excluding carboxylic acids is 4. The van der Waals surface area contributed by atoms with Gasteiger partial charge in [0, 0.05) is 19.5 Å². The van der Waals surface area contributed by atoms with E-state index in [1.807, 2.05) is 0 Å². The van der Waals surface area contributed by atoms with E-state index in [1.54, 1.807) is 0 Å². The number of guanidine groups is 1. The summed E-state index contributed by atoms with van der Waals surface area (Å²) in [6.07, 6.45) is 1.04. The molecule has 1 fully saturated rings. The number of nitrogens with two attached hydrogens (primary N) is 4. The molecule has 33 heavy (non-hydrogen) atoms. The largest absolute Gasteiger partial charge is 0.480 e. The second-order valence-electron chi connectivity index (χ2n) is 7.89. The van der Waals surface area contributed by atoms with Crippen LogP contribution >= 0.6 is 0 Å². The molecule has 14 heteroatoms. The molecule has 0 aromatic rings. The second-order valence-corrected chi connectivity index (χ2v) is 7.89. The first kappa shape index (κ1) is 27.6. The molecule has 0 spiro atoms. The number of nitrogens with one attached hydrogen (secondary N) is 2. The predicted molar refractivity (Wildman–Crippen MR) is 118 cm³/mol. The SMILES string of the molecule is CC(N)C(=O)NC(CCCN=C(N)N)C(=O)N1CCCC1C(=O)NC(CCC(N)=O)C(=O)O. The van der Waals surface area contributed by atoms with E-state index in [9.17, 15) is 29.1 Å². The third-order valence-electron chi connectivity index (χ3n) is 5.11. The van der Waals surface area contributed by atoms with Gasteiger partial charge in [0.05, 0.1) is 6.04 Å². The van der Waals surface area contributed by atoms with Crippen LogP contribution in [0.5, 0.6) is 0 Å². The van der Waals surface area contributed by atoms with Crippen LogP contribution < -0.4 is 33.6 Å². The number of primary amides is 1. The molecule has 14 nitrogen and oxygen atoms in total. The van der Waals surface area contributed by atoms with E-state index >= 15 is 0 Å². The smallest absolute Gasteiger partial charge is 0.326 e. The van der Waals surface area contributed by atoms with Gasteiger partial charge in [-0.05, 0) is 39.0 Å². The lowest BCUT2D eigenvalue weighted by Crippen LogP contribution is -2.56. The number of aliphatic carboxylic acids is 1. The Kier molecular flexibility index (Phi) is 11.0. The van der Waals surface area contributed by atoms with Crippen molar-refractivity contribution in [2.24, 2.45) is 27.9 Å². The average Bonchev–Trinajstić information content (AvgIpc) is 3.21. The predicted octanol–water partition coefficient (Wildman–Crippen LogP) is -3.30. The molecule has 1 rings (SSSR count). The quantitative estimate of drug-likeness (QED) is 0.0807. The van der Waals surface area contributed by atoms with Crippen molar-refractivity contribution in [3.05, 3.63) is 0 Å². The molecule has 4 unspecified atom stereocenters. The van der Waals surface area contributed by atoms with Gasteiger partial charge in [0.2, 0.25) is 23.6 Å². The van der Waals surface area contributed by atoms with Gasteiger partial charge in [0.15, 0.2) is 5.96 Å². The Morgan fingerprint density at radius 2 is 1.76 bits per heavy atom. The van der Waals surface area contributed by atoms with Gasteiger partial charge < -0.3 is 43.6 Å². The number of amides is 4. The molecular formula is C19H34N8O6. The molecule has 0 bridgehead atoms. The minimum absolute atomic E-state index is 0.0990. The zero-order valence-corrected chi connectivity index (χ0v) is 18.7. The number of aliphatic imine (C=N–C) groups is 1. The molecule has 1 aliphatic heterocycles. The van der Waals surface area contributed by atoms with Gasteiger partial charge in [-0.2, -0.15) is 0 Å². The number of carboxylic acids is 1. The first-order valence-corrected chi connectivity index (χ1v) is 10.7. The fourth-order valence-electron chi connectivity index (χ4n) is 3.38. The highest BCUT2D eigenvalue weighted by Crippen LogP contribution is 2.20. The van der Waals surface area contributed by atoms with Crippen LogP contribution in [0.1, 0.15) is 45.4 Å². The van der Waals surface area contributed by atoms with Crippen LogP contribution in [0.2, 0.25) is 0 Å². The summed E-state index contributed by atoms with van der Waals surface area (Å²) in [5.74, 6) is -3.79. The normalized spacial score (nSPS) is 18.0. The van der Waals surface area contributed by atoms with E-state index in [0.717, 1.165) is 0 Å². The number of hydrogen-bond acceptors (Lipinski definition) is 7. The zero-order chi connectivity index (χ0) is 25.1. The van der Waals surface area contributed by atoms with Gasteiger partial charge >= 0.3 is 5.97 Å². The van der Waals surface area contributed by atoms with Gasteiger partial charge in [-0.25, -0.2) is 4.79 Å². The summed E-state index contributed by atoms with van der Waals surface area (Å²) in [5.41, 5.74) is 21.2. The minimum Gasteiger partial charge on any atom is -0.480 e. The monoisotopic (exact) mass is 470 g/mol. The van der Waals surface area contributed by atoms with Gasteiger partial charge in [0.1, 0.15) is 18.1 Å². The van der Waals surface area contributed by atoms with Crippen molar-refractivity contribution in [2.75, 3.05) is 13.1 Å². The molecule has 0 aliphatic carbocycles. The number of carboxylic acid groups (broad SMARTS) is 1. The van der Waals surface area contributed by atoms with Crippen LogP contribution in [0.3, 0.4) is 0 Å². The number of hydrogen-bond donors (Lipinski definition) is 7. The molecule has 186 valence electrons. The Balaban J connectivity index is 2.92. The molecule has 0 saturated carbocycles. The Labute approximate surface area is 191 Å². The molecule has 4 atom stereocenters. The highest BCUT2D eigenvalue weighted by Gasteiger charge is 2.38. The van der Waals surface area contributed by atoms with Gasteiger partial charge in [-0.15, -0.1) is 0 Å². The minimum atomic E-state index is -1.32. The van der Waals surface area contributed by atoms with E-state index in [-0.39, 0.29) is 38.3 Å². The van der Waals surface area contributed by atoms with Crippen molar-refractivity contribution < 1.29 is 29.1 Å². The fraction of sp³-hybridized carbons (Fsp3) is 0.684. The van der Waals surface area contributed by atoms with Crippen LogP contribution in [0.4, 0.5) is 0 Å². The van der Waals surface area contributed by atoms with Crippen molar-refractivity contribution in [1.29, 1.82) is 0 Å². The third-order valence-corrected chi connectivity index (χ3v) is 5.11. The van der Waals surface area contributed by atoms with E-state index in [0.29, 0.717) is 19.3 Å². The van der Waals surface area contributed by atoms with E-state index in [4.69, 9.17) is 22.9 Å². The summed E-state index contributed by atoms with van der Waals surface area (Å²) < 4.78 is 0. The summed E-state index contributed by atoms with van der Waals surface area (Å²) in [6.45, 7) is 1.97. The first-order chi connectivity index (χ1) is 15.4. The summed E-state index contributed by atoms with van der Waals surface area (Å²) in [4.78, 5) is 65.7. The molecule has 0 aromatic heterocycles. The molecular weight excluding hydrogens is 436 g/mol. The number of nitrogens with zero attached hydrogens (tertiary/aromatic N) is 2. The summed E-state index contributed by atoms with van der Waals surface area (Å²) in [6, 6.07) is -4.05. The lowest BCUT2D eigenvalue weighted by molar-refractivity contribution is -0.145. The molecule has 0 radical (unpaired) electrons. The number of likely N-dealkylation sites (tertiary alicyclic amines) is 1. The van der Waals surface area contributed by atoms with E-state index < -0.39 is 53.8 Å².